The molecule has 0 amide bonds. The number of fused-ring (bicyclic) bond motifs is 1. The molecule has 0 unspecified atom stereocenters. The van der Waals surface area contributed by atoms with Crippen molar-refractivity contribution in [3.05, 3.63) is 24.3 Å². The fourth-order valence-electron chi connectivity index (χ4n) is 2.98. The number of aromatic nitrogens is 2. The maximum atomic E-state index is 11.2. The van der Waals surface area contributed by atoms with Gasteiger partial charge < -0.3 is 14.6 Å². The van der Waals surface area contributed by atoms with E-state index < -0.39 is 5.97 Å². The lowest BCUT2D eigenvalue weighted by atomic mass is 9.99. The summed E-state index contributed by atoms with van der Waals surface area (Å²) in [6.07, 6.45) is 1.67. The van der Waals surface area contributed by atoms with Crippen molar-refractivity contribution in [2.24, 2.45) is 5.92 Å². The lowest BCUT2D eigenvalue weighted by molar-refractivity contribution is -0.141. The van der Waals surface area contributed by atoms with E-state index in [4.69, 9.17) is 4.98 Å². The van der Waals surface area contributed by atoms with Gasteiger partial charge in [0.15, 0.2) is 0 Å². The minimum Gasteiger partial charge on any atom is -0.481 e. The highest BCUT2D eigenvalue weighted by Crippen LogP contribution is 2.26. The molecule has 20 heavy (non-hydrogen) atoms. The van der Waals surface area contributed by atoms with Crippen LogP contribution in [-0.2, 0) is 11.3 Å². The Morgan fingerprint density at radius 1 is 1.45 bits per heavy atom. The van der Waals surface area contributed by atoms with Crippen molar-refractivity contribution in [3.63, 3.8) is 0 Å². The summed E-state index contributed by atoms with van der Waals surface area (Å²) in [5.74, 6) is -0.0811. The molecule has 0 saturated carbocycles. The van der Waals surface area contributed by atoms with Gasteiger partial charge in [0.05, 0.1) is 17.0 Å². The molecule has 1 fully saturated rings. The van der Waals surface area contributed by atoms with Crippen molar-refractivity contribution in [1.82, 2.24) is 9.55 Å². The molecule has 0 spiro atoms. The predicted octanol–water partition coefficient (Wildman–Crippen LogP) is 2.36. The van der Waals surface area contributed by atoms with E-state index in [1.165, 1.54) is 0 Å². The zero-order valence-corrected chi connectivity index (χ0v) is 11.6. The van der Waals surface area contributed by atoms with Crippen LogP contribution in [0.25, 0.3) is 11.0 Å². The predicted molar refractivity (Wildman–Crippen MR) is 78.0 cm³/mol. The van der Waals surface area contributed by atoms with Gasteiger partial charge in [-0.3, -0.25) is 4.79 Å². The summed E-state index contributed by atoms with van der Waals surface area (Å²) in [7, 11) is 0. The Bertz CT molecular complexity index is 635. The molecule has 0 radical (unpaired) electrons. The number of hydrogen-bond acceptors (Lipinski definition) is 3. The quantitative estimate of drug-likeness (QED) is 0.932. The number of anilines is 1. The molecule has 1 atom stereocenters. The summed E-state index contributed by atoms with van der Waals surface area (Å²) >= 11 is 0. The number of carboxylic acids is 1. The minimum absolute atomic E-state index is 0.283. The molecular weight excluding hydrogens is 254 g/mol. The van der Waals surface area contributed by atoms with Gasteiger partial charge in [0.1, 0.15) is 0 Å². The normalized spacial score (nSPS) is 19.4. The lowest BCUT2D eigenvalue weighted by Gasteiger charge is -2.31. The maximum Gasteiger partial charge on any atom is 0.308 e. The zero-order valence-electron chi connectivity index (χ0n) is 11.6. The van der Waals surface area contributed by atoms with Gasteiger partial charge in [-0.2, -0.15) is 0 Å². The van der Waals surface area contributed by atoms with E-state index >= 15 is 0 Å². The Hall–Kier alpha value is -2.04. The first-order valence-electron chi connectivity index (χ1n) is 7.13. The van der Waals surface area contributed by atoms with Crippen molar-refractivity contribution in [1.29, 1.82) is 0 Å². The highest BCUT2D eigenvalue weighted by atomic mass is 16.4. The first-order valence-corrected chi connectivity index (χ1v) is 7.13. The molecule has 2 heterocycles. The Kier molecular flexibility index (Phi) is 3.34. The van der Waals surface area contributed by atoms with Crippen LogP contribution in [0.3, 0.4) is 0 Å². The minimum atomic E-state index is -0.700. The Balaban J connectivity index is 1.98. The van der Waals surface area contributed by atoms with Crippen molar-refractivity contribution in [3.8, 4) is 0 Å². The van der Waals surface area contributed by atoms with Gasteiger partial charge in [-0.05, 0) is 31.9 Å². The standard InChI is InChI=1S/C15H19N3O2/c1-2-18-13-8-4-3-7-12(13)16-15(18)17-9-5-6-11(10-17)14(19)20/h3-4,7-8,11H,2,5-6,9-10H2,1H3,(H,19,20)/t11-/m1/s1. The first-order chi connectivity index (χ1) is 9.70. The second-order valence-corrected chi connectivity index (χ2v) is 5.27. The van der Waals surface area contributed by atoms with Gasteiger partial charge in [-0.15, -0.1) is 0 Å². The average Bonchev–Trinajstić information content (AvgIpc) is 2.86. The molecule has 5 nitrogen and oxygen atoms in total. The smallest absolute Gasteiger partial charge is 0.308 e. The highest BCUT2D eigenvalue weighted by molar-refractivity contribution is 5.79. The number of benzene rings is 1. The van der Waals surface area contributed by atoms with E-state index in [2.05, 4.69) is 22.5 Å². The number of nitrogens with zero attached hydrogens (tertiary/aromatic N) is 3. The molecule has 1 saturated heterocycles. The number of imidazole rings is 1. The third-order valence-corrected chi connectivity index (χ3v) is 4.00. The van der Waals surface area contributed by atoms with Crippen molar-refractivity contribution in [2.45, 2.75) is 26.3 Å². The number of aliphatic carboxylic acids is 1. The Morgan fingerprint density at radius 3 is 3.00 bits per heavy atom. The van der Waals surface area contributed by atoms with E-state index in [0.717, 1.165) is 42.9 Å². The highest BCUT2D eigenvalue weighted by Gasteiger charge is 2.28. The Morgan fingerprint density at radius 2 is 2.25 bits per heavy atom. The number of hydrogen-bond donors (Lipinski definition) is 1. The third kappa shape index (κ3) is 2.13. The number of aryl methyl sites for hydroxylation is 1. The lowest BCUT2D eigenvalue weighted by Crippen LogP contribution is -2.40. The summed E-state index contributed by atoms with van der Waals surface area (Å²) in [5.41, 5.74) is 2.09. The van der Waals surface area contributed by atoms with Crippen LogP contribution in [0, 0.1) is 5.92 Å². The molecule has 1 N–H and O–H groups in total. The monoisotopic (exact) mass is 273 g/mol. The molecular formula is C15H19N3O2. The van der Waals surface area contributed by atoms with Crippen LogP contribution in [0.1, 0.15) is 19.8 Å². The zero-order chi connectivity index (χ0) is 14.1. The molecule has 1 aliphatic heterocycles. The van der Waals surface area contributed by atoms with Crippen LogP contribution in [0.2, 0.25) is 0 Å². The number of piperidine rings is 1. The van der Waals surface area contributed by atoms with Gasteiger partial charge >= 0.3 is 5.97 Å². The SMILES string of the molecule is CCn1c(N2CCC[C@@H](C(=O)O)C2)nc2ccccc21. The van der Waals surface area contributed by atoms with Gasteiger partial charge in [0.25, 0.3) is 0 Å². The van der Waals surface area contributed by atoms with Crippen LogP contribution in [0.15, 0.2) is 24.3 Å². The summed E-state index contributed by atoms with van der Waals surface area (Å²) in [4.78, 5) is 18.0. The molecule has 106 valence electrons. The van der Waals surface area contributed by atoms with Gasteiger partial charge in [-0.1, -0.05) is 12.1 Å². The van der Waals surface area contributed by atoms with E-state index in [9.17, 15) is 9.90 Å². The van der Waals surface area contributed by atoms with Crippen molar-refractivity contribution >= 4 is 23.0 Å². The number of rotatable bonds is 3. The molecule has 1 aromatic heterocycles. The summed E-state index contributed by atoms with van der Waals surface area (Å²) in [5, 5.41) is 9.22. The van der Waals surface area contributed by atoms with Crippen LogP contribution in [0.5, 0.6) is 0 Å². The van der Waals surface area contributed by atoms with E-state index in [1.54, 1.807) is 0 Å². The van der Waals surface area contributed by atoms with Crippen molar-refractivity contribution in [2.75, 3.05) is 18.0 Å². The van der Waals surface area contributed by atoms with Crippen LogP contribution in [-0.4, -0.2) is 33.7 Å². The summed E-state index contributed by atoms with van der Waals surface area (Å²) in [6, 6.07) is 8.06. The number of carbonyl (C=O) groups is 1. The first kappa shape index (κ1) is 13.0. The average molecular weight is 273 g/mol. The van der Waals surface area contributed by atoms with E-state index in [0.29, 0.717) is 6.54 Å². The van der Waals surface area contributed by atoms with Crippen LogP contribution in [0.4, 0.5) is 5.95 Å². The maximum absolute atomic E-state index is 11.2. The number of para-hydroxylation sites is 2. The molecule has 0 bridgehead atoms. The Labute approximate surface area is 117 Å². The van der Waals surface area contributed by atoms with Crippen LogP contribution >= 0.6 is 0 Å². The van der Waals surface area contributed by atoms with Gasteiger partial charge in [0.2, 0.25) is 5.95 Å². The van der Waals surface area contributed by atoms with E-state index in [1.807, 2.05) is 18.2 Å². The molecule has 5 heteroatoms. The van der Waals surface area contributed by atoms with Gasteiger partial charge in [-0.25, -0.2) is 4.98 Å². The molecule has 1 aromatic carbocycles. The topological polar surface area (TPSA) is 58.4 Å². The summed E-state index contributed by atoms with van der Waals surface area (Å²) < 4.78 is 2.17. The van der Waals surface area contributed by atoms with E-state index in [-0.39, 0.29) is 5.92 Å². The fraction of sp³-hybridized carbons (Fsp3) is 0.467. The van der Waals surface area contributed by atoms with Crippen molar-refractivity contribution < 1.29 is 9.90 Å². The molecule has 3 rings (SSSR count). The molecule has 0 aliphatic carbocycles. The second kappa shape index (κ2) is 5.15. The second-order valence-electron chi connectivity index (χ2n) is 5.27. The third-order valence-electron chi connectivity index (χ3n) is 4.00. The fourth-order valence-corrected chi connectivity index (χ4v) is 2.98. The van der Waals surface area contributed by atoms with Gasteiger partial charge in [0, 0.05) is 19.6 Å². The van der Waals surface area contributed by atoms with Crippen LogP contribution < -0.4 is 4.90 Å². The summed E-state index contributed by atoms with van der Waals surface area (Å²) in [6.45, 7) is 4.37. The number of carboxylic acid groups (broad SMARTS) is 1. The molecule has 2 aromatic rings. The largest absolute Gasteiger partial charge is 0.481 e. The molecule has 1 aliphatic rings.